The molecule has 1 saturated heterocycles. The zero-order valence-electron chi connectivity index (χ0n) is 11.7. The molecular formula is C14H24O4. The van der Waals surface area contributed by atoms with Crippen molar-refractivity contribution in [1.29, 1.82) is 0 Å². The summed E-state index contributed by atoms with van der Waals surface area (Å²) in [5.74, 6) is 0.0231. The molecule has 5 unspecified atom stereocenters. The Morgan fingerprint density at radius 1 is 1.28 bits per heavy atom. The normalized spacial score (nSPS) is 31.7. The van der Waals surface area contributed by atoms with E-state index in [-0.39, 0.29) is 18.1 Å². The molecule has 1 rings (SSSR count). The number of carbonyl (C=O) groups excluding carboxylic acids is 2. The van der Waals surface area contributed by atoms with Crippen molar-refractivity contribution in [2.24, 2.45) is 11.8 Å². The van der Waals surface area contributed by atoms with E-state index in [0.717, 1.165) is 12.8 Å². The first-order valence-electron chi connectivity index (χ1n) is 6.81. The fourth-order valence-corrected chi connectivity index (χ4v) is 2.15. The summed E-state index contributed by atoms with van der Waals surface area (Å²) in [6.07, 6.45) is 1.08. The van der Waals surface area contributed by atoms with Gasteiger partial charge in [0.25, 0.3) is 0 Å². The van der Waals surface area contributed by atoms with E-state index < -0.39 is 11.9 Å². The second-order valence-corrected chi connectivity index (χ2v) is 5.18. The third-order valence-corrected chi connectivity index (χ3v) is 3.95. The summed E-state index contributed by atoms with van der Waals surface area (Å²) in [5.41, 5.74) is 0. The van der Waals surface area contributed by atoms with Gasteiger partial charge in [0.1, 0.15) is 6.10 Å². The molecule has 0 aliphatic carbocycles. The molecule has 1 fully saturated rings. The van der Waals surface area contributed by atoms with Crippen LogP contribution in [0.2, 0.25) is 0 Å². The van der Waals surface area contributed by atoms with Crippen LogP contribution in [0.4, 0.5) is 0 Å². The highest BCUT2D eigenvalue weighted by atomic mass is 16.6. The Kier molecular flexibility index (Phi) is 5.96. The third-order valence-electron chi connectivity index (χ3n) is 3.95. The van der Waals surface area contributed by atoms with Crippen LogP contribution in [0, 0.1) is 11.8 Å². The van der Waals surface area contributed by atoms with Gasteiger partial charge in [0.2, 0.25) is 5.78 Å². The molecule has 0 radical (unpaired) electrons. The predicted molar refractivity (Wildman–Crippen MR) is 68.4 cm³/mol. The molecule has 18 heavy (non-hydrogen) atoms. The largest absolute Gasteiger partial charge is 0.372 e. The summed E-state index contributed by atoms with van der Waals surface area (Å²) in [5, 5.41) is 0. The lowest BCUT2D eigenvalue weighted by Gasteiger charge is -2.39. The maximum atomic E-state index is 11.7. The van der Waals surface area contributed by atoms with Crippen LogP contribution in [-0.4, -0.2) is 37.0 Å². The lowest BCUT2D eigenvalue weighted by molar-refractivity contribution is -0.205. The molecule has 1 aliphatic rings. The smallest absolute Gasteiger partial charge is 0.226 e. The highest BCUT2D eigenvalue weighted by Gasteiger charge is 2.40. The molecule has 0 aromatic carbocycles. The van der Waals surface area contributed by atoms with Crippen molar-refractivity contribution in [2.75, 3.05) is 6.61 Å². The second-order valence-electron chi connectivity index (χ2n) is 5.18. The van der Waals surface area contributed by atoms with Gasteiger partial charge >= 0.3 is 0 Å². The van der Waals surface area contributed by atoms with E-state index in [1.807, 2.05) is 13.8 Å². The second kappa shape index (κ2) is 7.00. The summed E-state index contributed by atoms with van der Waals surface area (Å²) >= 11 is 0. The van der Waals surface area contributed by atoms with Crippen molar-refractivity contribution >= 4 is 12.1 Å². The highest BCUT2D eigenvalue weighted by molar-refractivity contribution is 6.27. The van der Waals surface area contributed by atoms with E-state index in [0.29, 0.717) is 18.8 Å². The van der Waals surface area contributed by atoms with Gasteiger partial charge in [0.05, 0.1) is 18.8 Å². The number of Topliss-reactive ketones (excluding diaryl/α,β-unsaturated/α-hetero) is 1. The summed E-state index contributed by atoms with van der Waals surface area (Å²) < 4.78 is 11.6. The Bertz CT molecular complexity index is 290. The Balaban J connectivity index is 2.79. The Morgan fingerprint density at radius 2 is 1.89 bits per heavy atom. The van der Waals surface area contributed by atoms with Gasteiger partial charge in [-0.3, -0.25) is 9.59 Å². The Morgan fingerprint density at radius 3 is 2.39 bits per heavy atom. The number of ketones is 1. The number of hydrogen-bond acceptors (Lipinski definition) is 4. The molecule has 4 heteroatoms. The molecule has 0 bridgehead atoms. The van der Waals surface area contributed by atoms with Gasteiger partial charge in [-0.15, -0.1) is 0 Å². The minimum absolute atomic E-state index is 0.0933. The number of carbonyl (C=O) groups is 2. The van der Waals surface area contributed by atoms with Gasteiger partial charge in [0, 0.05) is 0 Å². The first-order chi connectivity index (χ1) is 8.54. The van der Waals surface area contributed by atoms with Gasteiger partial charge in [0.15, 0.2) is 6.29 Å². The number of ether oxygens (including phenoxy) is 2. The van der Waals surface area contributed by atoms with Crippen LogP contribution in [0.3, 0.4) is 0 Å². The van der Waals surface area contributed by atoms with Crippen molar-refractivity contribution in [3.8, 4) is 0 Å². The van der Waals surface area contributed by atoms with Crippen molar-refractivity contribution in [1.82, 2.24) is 0 Å². The summed E-state index contributed by atoms with van der Waals surface area (Å²) in [4.78, 5) is 22.4. The van der Waals surface area contributed by atoms with Crippen molar-refractivity contribution in [3.05, 3.63) is 0 Å². The SMILES string of the molecule is CCC(C)C1COC(C(C)CC)C(C(=O)C=O)O1. The standard InChI is InChI=1S/C14H24O4/c1-5-9(3)12-8-17-13(10(4)6-2)14(18-12)11(16)7-15/h7,9-10,12-14H,5-6,8H2,1-4H3. The zero-order valence-corrected chi connectivity index (χ0v) is 11.7. The zero-order chi connectivity index (χ0) is 13.7. The van der Waals surface area contributed by atoms with E-state index in [1.54, 1.807) is 0 Å². The van der Waals surface area contributed by atoms with Crippen LogP contribution in [0.15, 0.2) is 0 Å². The third kappa shape index (κ3) is 3.39. The van der Waals surface area contributed by atoms with Crippen LogP contribution in [0.5, 0.6) is 0 Å². The van der Waals surface area contributed by atoms with Crippen LogP contribution >= 0.6 is 0 Å². The molecule has 0 N–H and O–H groups in total. The van der Waals surface area contributed by atoms with Crippen LogP contribution < -0.4 is 0 Å². The van der Waals surface area contributed by atoms with Gasteiger partial charge in [-0.2, -0.15) is 0 Å². The first kappa shape index (κ1) is 15.3. The van der Waals surface area contributed by atoms with Crippen LogP contribution in [-0.2, 0) is 19.1 Å². The van der Waals surface area contributed by atoms with E-state index in [9.17, 15) is 9.59 Å². The number of hydrogen-bond donors (Lipinski definition) is 0. The average Bonchev–Trinajstić information content (AvgIpc) is 2.43. The van der Waals surface area contributed by atoms with Gasteiger partial charge < -0.3 is 9.47 Å². The van der Waals surface area contributed by atoms with E-state index >= 15 is 0 Å². The van der Waals surface area contributed by atoms with Gasteiger partial charge in [-0.25, -0.2) is 0 Å². The van der Waals surface area contributed by atoms with Gasteiger partial charge in [-0.1, -0.05) is 40.5 Å². The molecular weight excluding hydrogens is 232 g/mol. The van der Waals surface area contributed by atoms with Crippen molar-refractivity contribution in [2.45, 2.75) is 58.8 Å². The molecule has 4 nitrogen and oxygen atoms in total. The quantitative estimate of drug-likeness (QED) is 0.539. The fourth-order valence-electron chi connectivity index (χ4n) is 2.15. The first-order valence-corrected chi connectivity index (χ1v) is 6.81. The maximum absolute atomic E-state index is 11.7. The molecule has 1 heterocycles. The lowest BCUT2D eigenvalue weighted by atomic mass is 9.92. The van der Waals surface area contributed by atoms with Gasteiger partial charge in [-0.05, 0) is 11.8 Å². The van der Waals surface area contributed by atoms with E-state index in [1.165, 1.54) is 0 Å². The Hall–Kier alpha value is -0.740. The monoisotopic (exact) mass is 256 g/mol. The summed E-state index contributed by atoms with van der Waals surface area (Å²) in [7, 11) is 0. The van der Waals surface area contributed by atoms with Crippen molar-refractivity contribution < 1.29 is 19.1 Å². The molecule has 0 saturated carbocycles. The summed E-state index contributed by atoms with van der Waals surface area (Å²) in [6.45, 7) is 8.71. The molecule has 1 aliphatic heterocycles. The molecule has 0 spiro atoms. The molecule has 0 amide bonds. The molecule has 5 atom stereocenters. The lowest BCUT2D eigenvalue weighted by Crippen LogP contribution is -2.52. The van der Waals surface area contributed by atoms with Crippen LogP contribution in [0.25, 0.3) is 0 Å². The Labute approximate surface area is 109 Å². The van der Waals surface area contributed by atoms with Crippen molar-refractivity contribution in [3.63, 3.8) is 0 Å². The molecule has 104 valence electrons. The maximum Gasteiger partial charge on any atom is 0.226 e. The average molecular weight is 256 g/mol. The minimum Gasteiger partial charge on any atom is -0.372 e. The van der Waals surface area contributed by atoms with E-state index in [4.69, 9.17) is 9.47 Å². The number of aldehydes is 1. The fraction of sp³-hybridized carbons (Fsp3) is 0.857. The molecule has 0 aromatic rings. The number of rotatable bonds is 6. The summed E-state index contributed by atoms with van der Waals surface area (Å²) in [6, 6.07) is 0. The topological polar surface area (TPSA) is 52.6 Å². The minimum atomic E-state index is -0.731. The highest BCUT2D eigenvalue weighted by Crippen LogP contribution is 2.27. The van der Waals surface area contributed by atoms with E-state index in [2.05, 4.69) is 13.8 Å². The predicted octanol–water partition coefficient (Wildman–Crippen LogP) is 2.00. The van der Waals surface area contributed by atoms with Crippen LogP contribution in [0.1, 0.15) is 40.5 Å². The molecule has 0 aromatic heterocycles.